The predicted octanol–water partition coefficient (Wildman–Crippen LogP) is 3.27. The minimum atomic E-state index is -0.0667. The molecule has 1 rings (SSSR count). The summed E-state index contributed by atoms with van der Waals surface area (Å²) in [5, 5.41) is 11.8. The maximum atomic E-state index is 8.65. The molecule has 1 aliphatic carbocycles. The van der Waals surface area contributed by atoms with Gasteiger partial charge in [0.05, 0.1) is 11.1 Å². The van der Waals surface area contributed by atoms with Gasteiger partial charge in [-0.1, -0.05) is 25.9 Å². The SMILES string of the molecule is CC(C)(C)[C@H]1CC/C(=N/O)[C@H](Cl)C1. The van der Waals surface area contributed by atoms with Gasteiger partial charge in [0.2, 0.25) is 0 Å². The van der Waals surface area contributed by atoms with Crippen molar-refractivity contribution in [3.8, 4) is 0 Å². The van der Waals surface area contributed by atoms with Crippen LogP contribution < -0.4 is 0 Å². The van der Waals surface area contributed by atoms with E-state index in [9.17, 15) is 0 Å². The average Bonchev–Trinajstić information content (AvgIpc) is 2.02. The lowest BCUT2D eigenvalue weighted by Gasteiger charge is -2.35. The normalized spacial score (nSPS) is 33.7. The zero-order valence-electron chi connectivity index (χ0n) is 8.55. The number of nitrogens with zero attached hydrogens (tertiary/aromatic N) is 1. The van der Waals surface area contributed by atoms with Gasteiger partial charge in [0, 0.05) is 0 Å². The largest absolute Gasteiger partial charge is 0.411 e. The van der Waals surface area contributed by atoms with Crippen molar-refractivity contribution in [2.45, 2.75) is 45.4 Å². The molecule has 0 aromatic heterocycles. The zero-order chi connectivity index (χ0) is 10.1. The Morgan fingerprint density at radius 3 is 2.46 bits per heavy atom. The summed E-state index contributed by atoms with van der Waals surface area (Å²) < 4.78 is 0. The summed E-state index contributed by atoms with van der Waals surface area (Å²) in [4.78, 5) is 0. The molecule has 0 unspecified atom stereocenters. The lowest BCUT2D eigenvalue weighted by Crippen LogP contribution is -2.32. The average molecular weight is 204 g/mol. The van der Waals surface area contributed by atoms with Gasteiger partial charge in [-0.05, 0) is 30.6 Å². The Kier molecular flexibility index (Phi) is 3.23. The van der Waals surface area contributed by atoms with Crippen LogP contribution in [0.5, 0.6) is 0 Å². The lowest BCUT2D eigenvalue weighted by molar-refractivity contribution is 0.206. The number of hydrogen-bond acceptors (Lipinski definition) is 2. The smallest absolute Gasteiger partial charge is 0.0754 e. The Bertz CT molecular complexity index is 207. The fourth-order valence-electron chi connectivity index (χ4n) is 1.88. The summed E-state index contributed by atoms with van der Waals surface area (Å²) in [6, 6.07) is 0. The minimum Gasteiger partial charge on any atom is -0.411 e. The van der Waals surface area contributed by atoms with Crippen LogP contribution in [0.25, 0.3) is 0 Å². The maximum absolute atomic E-state index is 8.65. The van der Waals surface area contributed by atoms with Crippen LogP contribution in [0, 0.1) is 11.3 Å². The molecule has 0 spiro atoms. The van der Waals surface area contributed by atoms with E-state index in [0.29, 0.717) is 11.3 Å². The van der Waals surface area contributed by atoms with Crippen LogP contribution in [0.15, 0.2) is 5.16 Å². The molecule has 76 valence electrons. The summed E-state index contributed by atoms with van der Waals surface area (Å²) in [7, 11) is 0. The second-order valence-corrected chi connectivity index (χ2v) is 5.42. The molecule has 1 aliphatic rings. The monoisotopic (exact) mass is 203 g/mol. The van der Waals surface area contributed by atoms with Gasteiger partial charge < -0.3 is 5.21 Å². The van der Waals surface area contributed by atoms with Gasteiger partial charge in [-0.25, -0.2) is 0 Å². The first-order valence-electron chi connectivity index (χ1n) is 4.80. The van der Waals surface area contributed by atoms with E-state index in [1.54, 1.807) is 0 Å². The fourth-order valence-corrected chi connectivity index (χ4v) is 2.25. The van der Waals surface area contributed by atoms with E-state index in [1.165, 1.54) is 0 Å². The predicted molar refractivity (Wildman–Crippen MR) is 55.7 cm³/mol. The Morgan fingerprint density at radius 1 is 1.46 bits per heavy atom. The van der Waals surface area contributed by atoms with Crippen molar-refractivity contribution in [3.63, 3.8) is 0 Å². The molecule has 13 heavy (non-hydrogen) atoms. The summed E-state index contributed by atoms with van der Waals surface area (Å²) in [6.07, 6.45) is 2.86. The van der Waals surface area contributed by atoms with Gasteiger partial charge in [0.15, 0.2) is 0 Å². The van der Waals surface area contributed by atoms with E-state index in [-0.39, 0.29) is 5.38 Å². The van der Waals surface area contributed by atoms with Crippen molar-refractivity contribution in [2.24, 2.45) is 16.5 Å². The van der Waals surface area contributed by atoms with Gasteiger partial charge >= 0.3 is 0 Å². The highest BCUT2D eigenvalue weighted by atomic mass is 35.5. The molecular weight excluding hydrogens is 186 g/mol. The minimum absolute atomic E-state index is 0.0667. The van der Waals surface area contributed by atoms with Crippen molar-refractivity contribution in [2.75, 3.05) is 0 Å². The van der Waals surface area contributed by atoms with Crippen LogP contribution in [0.1, 0.15) is 40.0 Å². The molecule has 0 amide bonds. The van der Waals surface area contributed by atoms with E-state index >= 15 is 0 Å². The second-order valence-electron chi connectivity index (χ2n) is 4.90. The lowest BCUT2D eigenvalue weighted by atomic mass is 9.72. The molecule has 0 saturated heterocycles. The molecule has 1 fully saturated rings. The van der Waals surface area contributed by atoms with Gasteiger partial charge in [0.25, 0.3) is 0 Å². The van der Waals surface area contributed by atoms with Gasteiger partial charge in [-0.3, -0.25) is 0 Å². The van der Waals surface area contributed by atoms with Crippen LogP contribution in [0.3, 0.4) is 0 Å². The first-order chi connectivity index (χ1) is 5.95. The van der Waals surface area contributed by atoms with Crippen molar-refractivity contribution in [3.05, 3.63) is 0 Å². The Hall–Kier alpha value is -0.240. The van der Waals surface area contributed by atoms with Crippen molar-refractivity contribution >= 4 is 17.3 Å². The van der Waals surface area contributed by atoms with Crippen LogP contribution in [-0.2, 0) is 0 Å². The molecule has 0 bridgehead atoms. The van der Waals surface area contributed by atoms with Crippen LogP contribution >= 0.6 is 11.6 Å². The van der Waals surface area contributed by atoms with Crippen molar-refractivity contribution in [1.82, 2.24) is 0 Å². The number of rotatable bonds is 0. The number of halogens is 1. The highest BCUT2D eigenvalue weighted by molar-refractivity contribution is 6.32. The molecule has 1 saturated carbocycles. The third kappa shape index (κ3) is 2.60. The van der Waals surface area contributed by atoms with E-state index in [2.05, 4.69) is 25.9 Å². The van der Waals surface area contributed by atoms with Gasteiger partial charge in [0.1, 0.15) is 0 Å². The fraction of sp³-hybridized carbons (Fsp3) is 0.900. The Labute approximate surface area is 85.0 Å². The van der Waals surface area contributed by atoms with Crippen LogP contribution in [-0.4, -0.2) is 16.3 Å². The summed E-state index contributed by atoms with van der Waals surface area (Å²) in [5.74, 6) is 0.639. The molecule has 0 heterocycles. The van der Waals surface area contributed by atoms with E-state index in [1.807, 2.05) is 0 Å². The number of hydrogen-bond donors (Lipinski definition) is 1. The Balaban J connectivity index is 2.61. The van der Waals surface area contributed by atoms with E-state index < -0.39 is 0 Å². The molecule has 2 atom stereocenters. The quantitative estimate of drug-likeness (QED) is 0.366. The molecular formula is C10H18ClNO. The summed E-state index contributed by atoms with van der Waals surface area (Å²) in [6.45, 7) is 6.72. The number of oxime groups is 1. The maximum Gasteiger partial charge on any atom is 0.0754 e. The topological polar surface area (TPSA) is 32.6 Å². The molecule has 3 heteroatoms. The summed E-state index contributed by atoms with van der Waals surface area (Å²) >= 11 is 6.09. The molecule has 0 aromatic rings. The highest BCUT2D eigenvalue weighted by Gasteiger charge is 2.33. The van der Waals surface area contributed by atoms with Crippen molar-refractivity contribution in [1.29, 1.82) is 0 Å². The van der Waals surface area contributed by atoms with E-state index in [4.69, 9.17) is 16.8 Å². The van der Waals surface area contributed by atoms with Crippen LogP contribution in [0.4, 0.5) is 0 Å². The van der Waals surface area contributed by atoms with Gasteiger partial charge in [-0.15, -0.1) is 11.6 Å². The second kappa shape index (κ2) is 3.87. The highest BCUT2D eigenvalue weighted by Crippen LogP contribution is 2.38. The summed E-state index contributed by atoms with van der Waals surface area (Å²) in [5.41, 5.74) is 1.07. The first-order valence-corrected chi connectivity index (χ1v) is 5.23. The zero-order valence-corrected chi connectivity index (χ0v) is 9.30. The molecule has 1 N–H and O–H groups in total. The molecule has 0 radical (unpaired) electrons. The van der Waals surface area contributed by atoms with Crippen molar-refractivity contribution < 1.29 is 5.21 Å². The third-order valence-electron chi connectivity index (χ3n) is 2.96. The Morgan fingerprint density at radius 2 is 2.08 bits per heavy atom. The molecule has 2 nitrogen and oxygen atoms in total. The molecule has 0 aromatic carbocycles. The van der Waals surface area contributed by atoms with Gasteiger partial charge in [-0.2, -0.15) is 0 Å². The standard InChI is InChI=1S/C10H18ClNO/c1-10(2,3)7-4-5-9(12-13)8(11)6-7/h7-8,13H,4-6H2,1-3H3/b12-9-/t7-,8+/m0/s1. The third-order valence-corrected chi connectivity index (χ3v) is 3.39. The van der Waals surface area contributed by atoms with Crippen LogP contribution in [0.2, 0.25) is 0 Å². The number of alkyl halides is 1. The van der Waals surface area contributed by atoms with E-state index in [0.717, 1.165) is 25.0 Å². The first kappa shape index (κ1) is 10.8. The molecule has 0 aliphatic heterocycles.